The van der Waals surface area contributed by atoms with E-state index in [0.717, 1.165) is 15.5 Å². The second-order valence-corrected chi connectivity index (χ2v) is 5.35. The first kappa shape index (κ1) is 13.4. The van der Waals surface area contributed by atoms with Crippen molar-refractivity contribution >= 4 is 44.5 Å². The van der Waals surface area contributed by atoms with Crippen molar-refractivity contribution in [2.45, 2.75) is 12.4 Å². The molecule has 0 fully saturated rings. The number of carbonyl (C=O) groups is 1. The number of likely N-dealkylation sites (N-methyl/N-ethyl adjacent to an activating group) is 1. The van der Waals surface area contributed by atoms with E-state index in [0.29, 0.717) is 5.82 Å². The predicted molar refractivity (Wildman–Crippen MR) is 75.7 cm³/mol. The van der Waals surface area contributed by atoms with Crippen LogP contribution in [0.5, 0.6) is 0 Å². The highest BCUT2D eigenvalue weighted by atomic mass is 79.9. The van der Waals surface area contributed by atoms with Gasteiger partial charge in [-0.3, -0.25) is 4.79 Å². The molecule has 0 saturated carbocycles. The highest BCUT2D eigenvalue weighted by molar-refractivity contribution is 9.10. The molecule has 1 amide bonds. The molecule has 0 aliphatic heterocycles. The van der Waals surface area contributed by atoms with Gasteiger partial charge in [-0.05, 0) is 18.2 Å². The van der Waals surface area contributed by atoms with Crippen molar-refractivity contribution in [2.75, 3.05) is 14.1 Å². The number of amides is 1. The van der Waals surface area contributed by atoms with Gasteiger partial charge in [0.2, 0.25) is 5.91 Å². The minimum absolute atomic E-state index is 0.0172. The second kappa shape index (κ2) is 5.28. The summed E-state index contributed by atoms with van der Waals surface area (Å²) in [6.45, 7) is 0.257. The SMILES string of the molecule is CN(C)C(=O)Cn1c(CCl)nc2cc(Br)ccc21. The van der Waals surface area contributed by atoms with Crippen LogP contribution in [-0.4, -0.2) is 34.5 Å². The van der Waals surface area contributed by atoms with Crippen molar-refractivity contribution in [3.8, 4) is 0 Å². The standard InChI is InChI=1S/C12H13BrClN3O/c1-16(2)12(18)7-17-10-4-3-8(13)5-9(10)15-11(17)6-14/h3-5H,6-7H2,1-2H3. The van der Waals surface area contributed by atoms with Gasteiger partial charge < -0.3 is 9.47 Å². The van der Waals surface area contributed by atoms with Crippen LogP contribution in [-0.2, 0) is 17.2 Å². The van der Waals surface area contributed by atoms with Gasteiger partial charge in [-0.25, -0.2) is 4.98 Å². The highest BCUT2D eigenvalue weighted by Crippen LogP contribution is 2.21. The first-order chi connectivity index (χ1) is 8.52. The fourth-order valence-electron chi connectivity index (χ4n) is 1.71. The number of nitrogens with zero attached hydrogens (tertiary/aromatic N) is 3. The molecule has 0 radical (unpaired) electrons. The number of imidazole rings is 1. The minimum atomic E-state index is 0.0172. The summed E-state index contributed by atoms with van der Waals surface area (Å²) in [6, 6.07) is 5.78. The lowest BCUT2D eigenvalue weighted by Crippen LogP contribution is -2.26. The molecule has 1 aromatic carbocycles. The van der Waals surface area contributed by atoms with Crippen LogP contribution in [0.4, 0.5) is 0 Å². The first-order valence-electron chi connectivity index (χ1n) is 5.43. The molecule has 0 saturated heterocycles. The summed E-state index contributed by atoms with van der Waals surface area (Å²) in [7, 11) is 3.47. The van der Waals surface area contributed by atoms with Crippen LogP contribution in [0, 0.1) is 0 Å². The van der Waals surface area contributed by atoms with E-state index in [2.05, 4.69) is 20.9 Å². The van der Waals surface area contributed by atoms with E-state index in [1.807, 2.05) is 22.8 Å². The largest absolute Gasteiger partial charge is 0.347 e. The zero-order chi connectivity index (χ0) is 13.3. The third-order valence-electron chi connectivity index (χ3n) is 2.70. The van der Waals surface area contributed by atoms with Crippen LogP contribution in [0.3, 0.4) is 0 Å². The summed E-state index contributed by atoms with van der Waals surface area (Å²) >= 11 is 9.29. The van der Waals surface area contributed by atoms with Crippen molar-refractivity contribution in [3.63, 3.8) is 0 Å². The van der Waals surface area contributed by atoms with Crippen LogP contribution in [0.2, 0.25) is 0 Å². The van der Waals surface area contributed by atoms with Crippen molar-refractivity contribution in [1.82, 2.24) is 14.5 Å². The molecular weight excluding hydrogens is 318 g/mol. The summed E-state index contributed by atoms with van der Waals surface area (Å²) in [5.74, 6) is 1.01. The molecule has 1 aromatic heterocycles. The summed E-state index contributed by atoms with van der Waals surface area (Å²) in [4.78, 5) is 17.8. The maximum atomic E-state index is 11.8. The quantitative estimate of drug-likeness (QED) is 0.812. The first-order valence-corrected chi connectivity index (χ1v) is 6.76. The van der Waals surface area contributed by atoms with Gasteiger partial charge in [-0.2, -0.15) is 0 Å². The number of rotatable bonds is 3. The lowest BCUT2D eigenvalue weighted by atomic mass is 10.3. The zero-order valence-electron chi connectivity index (χ0n) is 10.2. The Kier molecular flexibility index (Phi) is 3.92. The molecule has 6 heteroatoms. The predicted octanol–water partition coefficient (Wildman–Crippen LogP) is 2.63. The summed E-state index contributed by atoms with van der Waals surface area (Å²) in [5, 5.41) is 0. The van der Waals surface area contributed by atoms with E-state index in [1.54, 1.807) is 19.0 Å². The van der Waals surface area contributed by atoms with Crippen LogP contribution in [0.1, 0.15) is 5.82 Å². The molecule has 18 heavy (non-hydrogen) atoms. The zero-order valence-corrected chi connectivity index (χ0v) is 12.5. The minimum Gasteiger partial charge on any atom is -0.347 e. The number of aromatic nitrogens is 2. The molecule has 96 valence electrons. The third kappa shape index (κ3) is 2.52. The van der Waals surface area contributed by atoms with Gasteiger partial charge in [0.1, 0.15) is 12.4 Å². The number of fused-ring (bicyclic) bond motifs is 1. The monoisotopic (exact) mass is 329 g/mol. The molecule has 0 aliphatic carbocycles. The molecule has 0 bridgehead atoms. The Morgan fingerprint density at radius 3 is 2.83 bits per heavy atom. The summed E-state index contributed by atoms with van der Waals surface area (Å²) in [6.07, 6.45) is 0. The second-order valence-electron chi connectivity index (χ2n) is 4.17. The molecule has 2 rings (SSSR count). The Morgan fingerprint density at radius 1 is 1.50 bits per heavy atom. The topological polar surface area (TPSA) is 38.1 Å². The molecule has 2 aromatic rings. The van der Waals surface area contributed by atoms with Crippen molar-refractivity contribution < 1.29 is 4.79 Å². The van der Waals surface area contributed by atoms with Gasteiger partial charge in [-0.15, -0.1) is 11.6 Å². The van der Waals surface area contributed by atoms with E-state index in [9.17, 15) is 4.79 Å². The van der Waals surface area contributed by atoms with E-state index >= 15 is 0 Å². The van der Waals surface area contributed by atoms with E-state index in [1.165, 1.54) is 0 Å². The molecular formula is C12H13BrClN3O. The van der Waals surface area contributed by atoms with E-state index < -0.39 is 0 Å². The van der Waals surface area contributed by atoms with E-state index in [4.69, 9.17) is 11.6 Å². The molecule has 1 heterocycles. The number of carbonyl (C=O) groups excluding carboxylic acids is 1. The fourth-order valence-corrected chi connectivity index (χ4v) is 2.26. The Bertz CT molecular complexity index is 594. The van der Waals surface area contributed by atoms with E-state index in [-0.39, 0.29) is 18.3 Å². The molecule has 0 aliphatic rings. The average Bonchev–Trinajstić information content (AvgIpc) is 2.66. The van der Waals surface area contributed by atoms with Crippen LogP contribution in [0.25, 0.3) is 11.0 Å². The smallest absolute Gasteiger partial charge is 0.242 e. The van der Waals surface area contributed by atoms with Crippen LogP contribution < -0.4 is 0 Å². The number of hydrogen-bond acceptors (Lipinski definition) is 2. The Labute approximate surface area is 119 Å². The molecule has 0 N–H and O–H groups in total. The maximum absolute atomic E-state index is 11.8. The van der Waals surface area contributed by atoms with Gasteiger partial charge in [0, 0.05) is 18.6 Å². The molecule has 0 atom stereocenters. The van der Waals surface area contributed by atoms with Gasteiger partial charge >= 0.3 is 0 Å². The van der Waals surface area contributed by atoms with Gasteiger partial charge in [0.15, 0.2) is 0 Å². The number of benzene rings is 1. The lowest BCUT2D eigenvalue weighted by molar-refractivity contribution is -0.129. The van der Waals surface area contributed by atoms with Crippen LogP contribution >= 0.6 is 27.5 Å². The number of halogens is 2. The number of alkyl halides is 1. The maximum Gasteiger partial charge on any atom is 0.242 e. The molecule has 4 nitrogen and oxygen atoms in total. The van der Waals surface area contributed by atoms with Crippen molar-refractivity contribution in [2.24, 2.45) is 0 Å². The average molecular weight is 331 g/mol. The summed E-state index contributed by atoms with van der Waals surface area (Å²) in [5.41, 5.74) is 1.76. The fraction of sp³-hybridized carbons (Fsp3) is 0.333. The third-order valence-corrected chi connectivity index (χ3v) is 3.43. The lowest BCUT2D eigenvalue weighted by Gasteiger charge is -2.12. The summed E-state index contributed by atoms with van der Waals surface area (Å²) < 4.78 is 2.82. The molecule has 0 spiro atoms. The Morgan fingerprint density at radius 2 is 2.22 bits per heavy atom. The highest BCUT2D eigenvalue weighted by Gasteiger charge is 2.14. The van der Waals surface area contributed by atoms with Gasteiger partial charge in [0.05, 0.1) is 16.9 Å². The Balaban J connectivity index is 2.50. The molecule has 0 unspecified atom stereocenters. The normalized spacial score (nSPS) is 10.9. The Hall–Kier alpha value is -1.07. The van der Waals surface area contributed by atoms with Gasteiger partial charge in [-0.1, -0.05) is 15.9 Å². The number of hydrogen-bond donors (Lipinski definition) is 0. The van der Waals surface area contributed by atoms with Gasteiger partial charge in [0.25, 0.3) is 0 Å². The van der Waals surface area contributed by atoms with Crippen LogP contribution in [0.15, 0.2) is 22.7 Å². The van der Waals surface area contributed by atoms with Crippen molar-refractivity contribution in [3.05, 3.63) is 28.5 Å². The van der Waals surface area contributed by atoms with Crippen molar-refractivity contribution in [1.29, 1.82) is 0 Å².